The van der Waals surface area contributed by atoms with Crippen LogP contribution in [0.15, 0.2) is 77.9 Å². The first kappa shape index (κ1) is 20.7. The first-order valence-corrected chi connectivity index (χ1v) is 11.7. The zero-order valence-corrected chi connectivity index (χ0v) is 18.9. The van der Waals surface area contributed by atoms with E-state index >= 15 is 0 Å². The Morgan fingerprint density at radius 2 is 1.64 bits per heavy atom. The van der Waals surface area contributed by atoms with Gasteiger partial charge < -0.3 is 14.8 Å². The van der Waals surface area contributed by atoms with Crippen molar-refractivity contribution in [3.05, 3.63) is 83.9 Å². The van der Waals surface area contributed by atoms with Gasteiger partial charge in [0, 0.05) is 11.8 Å². The summed E-state index contributed by atoms with van der Waals surface area (Å²) >= 11 is 0. The molecule has 2 saturated heterocycles. The summed E-state index contributed by atoms with van der Waals surface area (Å²) in [6, 6.07) is 20.1. The third-order valence-electron chi connectivity index (χ3n) is 7.22. The van der Waals surface area contributed by atoms with Gasteiger partial charge in [0.25, 0.3) is 0 Å². The minimum atomic E-state index is -0.958. The largest absolute Gasteiger partial charge is 0.454 e. The lowest BCUT2D eigenvalue weighted by molar-refractivity contribution is -0.129. The number of anilines is 2. The number of para-hydroxylation sites is 1. The van der Waals surface area contributed by atoms with E-state index in [4.69, 9.17) is 9.47 Å². The monoisotopic (exact) mass is 480 g/mol. The summed E-state index contributed by atoms with van der Waals surface area (Å²) in [5, 5.41) is 9.09. The molecule has 0 bridgehead atoms. The second-order valence-electron chi connectivity index (χ2n) is 9.10. The fraction of sp³-hybridized carbons (Fsp3) is 0.185. The van der Waals surface area contributed by atoms with Crippen molar-refractivity contribution in [2.75, 3.05) is 17.0 Å². The Hall–Kier alpha value is -4.66. The van der Waals surface area contributed by atoms with Crippen molar-refractivity contribution < 1.29 is 23.9 Å². The lowest BCUT2D eigenvalue weighted by Gasteiger charge is -2.33. The smallest absolute Gasteiger partial charge is 0.249 e. The van der Waals surface area contributed by atoms with Crippen LogP contribution < -0.4 is 19.7 Å². The van der Waals surface area contributed by atoms with Crippen molar-refractivity contribution in [1.29, 1.82) is 0 Å². The van der Waals surface area contributed by atoms with Crippen LogP contribution in [0, 0.1) is 11.8 Å². The molecule has 36 heavy (non-hydrogen) atoms. The molecule has 7 rings (SSSR count). The Morgan fingerprint density at radius 3 is 2.50 bits per heavy atom. The molecule has 0 aromatic heterocycles. The van der Waals surface area contributed by atoms with Crippen molar-refractivity contribution in [1.82, 2.24) is 5.01 Å². The van der Waals surface area contributed by atoms with Gasteiger partial charge >= 0.3 is 0 Å². The Bertz CT molecular complexity index is 1460. The number of benzene rings is 3. The second-order valence-corrected chi connectivity index (χ2v) is 9.10. The molecule has 0 saturated carbocycles. The lowest BCUT2D eigenvalue weighted by atomic mass is 9.85. The number of nitrogens with zero attached hydrogens (tertiary/aromatic N) is 3. The number of nitrogens with one attached hydrogen (secondary N) is 1. The highest BCUT2D eigenvalue weighted by Gasteiger charge is 2.65. The summed E-state index contributed by atoms with van der Waals surface area (Å²) in [4.78, 5) is 42.6. The molecule has 0 radical (unpaired) electrons. The predicted molar refractivity (Wildman–Crippen MR) is 130 cm³/mol. The molecule has 4 aliphatic rings. The number of imide groups is 1. The zero-order valence-electron chi connectivity index (χ0n) is 18.9. The molecular formula is C27H20N4O5. The van der Waals surface area contributed by atoms with E-state index in [9.17, 15) is 14.4 Å². The average Bonchev–Trinajstić information content (AvgIpc) is 3.57. The first-order valence-electron chi connectivity index (χ1n) is 11.7. The van der Waals surface area contributed by atoms with Gasteiger partial charge in [-0.3, -0.25) is 19.4 Å². The average molecular weight is 480 g/mol. The molecule has 178 valence electrons. The van der Waals surface area contributed by atoms with Crippen molar-refractivity contribution in [3.8, 4) is 11.5 Å². The van der Waals surface area contributed by atoms with Crippen molar-refractivity contribution in [2.45, 2.75) is 12.1 Å². The third kappa shape index (κ3) is 2.89. The lowest BCUT2D eigenvalue weighted by Crippen LogP contribution is -2.46. The van der Waals surface area contributed by atoms with Crippen LogP contribution in [0.25, 0.3) is 0 Å². The Kier molecular flexibility index (Phi) is 4.41. The molecule has 0 aliphatic carbocycles. The molecular weight excluding hydrogens is 460 g/mol. The van der Waals surface area contributed by atoms with Crippen LogP contribution in [-0.4, -0.2) is 41.8 Å². The molecule has 3 amide bonds. The summed E-state index contributed by atoms with van der Waals surface area (Å²) in [6.45, 7) is 0.0828. The molecule has 4 aliphatic heterocycles. The summed E-state index contributed by atoms with van der Waals surface area (Å²) in [5.41, 5.74) is 2.73. The van der Waals surface area contributed by atoms with Gasteiger partial charge in [-0.2, -0.15) is 5.10 Å². The van der Waals surface area contributed by atoms with Crippen LogP contribution >= 0.6 is 0 Å². The van der Waals surface area contributed by atoms with Crippen molar-refractivity contribution >= 4 is 35.3 Å². The quantitative estimate of drug-likeness (QED) is 0.579. The summed E-state index contributed by atoms with van der Waals surface area (Å²) < 4.78 is 10.8. The third-order valence-corrected chi connectivity index (χ3v) is 7.22. The van der Waals surface area contributed by atoms with Crippen molar-refractivity contribution in [3.63, 3.8) is 0 Å². The van der Waals surface area contributed by atoms with E-state index < -0.39 is 29.8 Å². The summed E-state index contributed by atoms with van der Waals surface area (Å²) in [6.07, 6.45) is 1.68. The molecule has 2 fully saturated rings. The van der Waals surface area contributed by atoms with E-state index in [1.54, 1.807) is 41.6 Å². The molecule has 9 heteroatoms. The maximum atomic E-state index is 13.9. The van der Waals surface area contributed by atoms with Crippen LogP contribution in [-0.2, 0) is 14.4 Å². The first-order chi connectivity index (χ1) is 17.6. The van der Waals surface area contributed by atoms with Crippen LogP contribution in [0.1, 0.15) is 17.2 Å². The maximum absolute atomic E-state index is 13.9. The molecule has 3 aromatic rings. The van der Waals surface area contributed by atoms with E-state index in [0.717, 1.165) is 11.1 Å². The highest BCUT2D eigenvalue weighted by molar-refractivity contribution is 6.24. The Labute approximate surface area is 205 Å². The number of carbonyl (C=O) groups excluding carboxylic acids is 3. The predicted octanol–water partition coefficient (Wildman–Crippen LogP) is 2.93. The number of fused-ring (bicyclic) bond motifs is 6. The van der Waals surface area contributed by atoms with Gasteiger partial charge in [0.1, 0.15) is 6.04 Å². The Balaban J connectivity index is 1.32. The van der Waals surface area contributed by atoms with E-state index in [1.807, 2.05) is 42.5 Å². The fourth-order valence-corrected chi connectivity index (χ4v) is 5.68. The van der Waals surface area contributed by atoms with Crippen LogP contribution in [0.5, 0.6) is 11.5 Å². The van der Waals surface area contributed by atoms with Crippen LogP contribution in [0.3, 0.4) is 0 Å². The highest BCUT2D eigenvalue weighted by Crippen LogP contribution is 2.53. The van der Waals surface area contributed by atoms with Gasteiger partial charge in [-0.15, -0.1) is 0 Å². The molecule has 0 spiro atoms. The fourth-order valence-electron chi connectivity index (χ4n) is 5.68. The number of amides is 3. The van der Waals surface area contributed by atoms with Gasteiger partial charge in [-0.05, 0) is 35.4 Å². The summed E-state index contributed by atoms with van der Waals surface area (Å²) in [7, 11) is 0. The SMILES string of the molecule is O=C(Nc1ccccc1)[C@@H]1[C@@H]2C(=O)N(c3ccc4c(c3)OCO4)C(=O)[C@H]2[C@H]2c3ccccc3C=NN12. The number of ether oxygens (including phenoxy) is 2. The number of hydrogen-bond acceptors (Lipinski definition) is 7. The second kappa shape index (κ2) is 7.67. The highest BCUT2D eigenvalue weighted by atomic mass is 16.7. The number of carbonyl (C=O) groups is 3. The van der Waals surface area contributed by atoms with Gasteiger partial charge in [-0.1, -0.05) is 42.5 Å². The van der Waals surface area contributed by atoms with Gasteiger partial charge in [0.05, 0.1) is 29.8 Å². The zero-order chi connectivity index (χ0) is 24.4. The van der Waals surface area contributed by atoms with E-state index in [0.29, 0.717) is 22.9 Å². The van der Waals surface area contributed by atoms with Crippen LogP contribution in [0.4, 0.5) is 11.4 Å². The standard InChI is InChI=1S/C27H20N4O5/c32-25(29-16-7-2-1-3-8-16)24-22-21(23-18-9-5-4-6-15(18)13-28-31(23)24)26(33)30(27(22)34)17-10-11-19-20(12-17)36-14-35-19/h1-13,21-24H,14H2,(H,29,32)/t21-,22-,23-,24+/m1/s1. The normalized spacial score (nSPS) is 25.0. The molecule has 4 heterocycles. The number of rotatable bonds is 3. The molecule has 0 unspecified atom stereocenters. The van der Waals surface area contributed by atoms with Crippen LogP contribution in [0.2, 0.25) is 0 Å². The number of hydrazone groups is 1. The van der Waals surface area contributed by atoms with Gasteiger partial charge in [0.2, 0.25) is 24.5 Å². The summed E-state index contributed by atoms with van der Waals surface area (Å²) in [5.74, 6) is -1.82. The van der Waals surface area contributed by atoms with E-state index in [2.05, 4.69) is 10.4 Å². The molecule has 1 N–H and O–H groups in total. The van der Waals surface area contributed by atoms with Crippen molar-refractivity contribution in [2.24, 2.45) is 16.9 Å². The van der Waals surface area contributed by atoms with Gasteiger partial charge in [-0.25, -0.2) is 4.90 Å². The molecule has 3 aromatic carbocycles. The molecule has 4 atom stereocenters. The molecule has 9 nitrogen and oxygen atoms in total. The minimum Gasteiger partial charge on any atom is -0.454 e. The van der Waals surface area contributed by atoms with E-state index in [1.165, 1.54) is 4.90 Å². The van der Waals surface area contributed by atoms with E-state index in [-0.39, 0.29) is 18.6 Å². The minimum absolute atomic E-state index is 0.0828. The number of hydrogen-bond donors (Lipinski definition) is 1. The topological polar surface area (TPSA) is 101 Å². The maximum Gasteiger partial charge on any atom is 0.249 e. The Morgan fingerprint density at radius 1 is 0.889 bits per heavy atom. The van der Waals surface area contributed by atoms with Gasteiger partial charge in [0.15, 0.2) is 11.5 Å².